The number of fused-ring (bicyclic) bond motifs is 1. The van der Waals surface area contributed by atoms with E-state index < -0.39 is 30.9 Å². The number of rotatable bonds is 5. The molecule has 2 aromatic rings. The summed E-state index contributed by atoms with van der Waals surface area (Å²) in [4.78, 5) is 34.3. The van der Waals surface area contributed by atoms with E-state index in [0.29, 0.717) is 20.3 Å². The van der Waals surface area contributed by atoms with Crippen molar-refractivity contribution >= 4 is 44.7 Å². The van der Waals surface area contributed by atoms with E-state index >= 15 is 0 Å². The number of carboxylic acids is 2. The van der Waals surface area contributed by atoms with Crippen molar-refractivity contribution < 1.29 is 29.0 Å². The number of furan rings is 1. The molecule has 0 atom stereocenters. The molecule has 0 spiro atoms. The summed E-state index contributed by atoms with van der Waals surface area (Å²) in [5.41, 5.74) is 0.437. The minimum absolute atomic E-state index is 0.112. The molecule has 0 saturated carbocycles. The molecule has 0 bridgehead atoms. The number of halogens is 1. The number of hydrogen-bond acceptors (Lipinski definition) is 4. The predicted molar refractivity (Wildman–Crippen MR) is 75.1 cm³/mol. The Kier molecular flexibility index (Phi) is 4.27. The maximum atomic E-state index is 12.2. The van der Waals surface area contributed by atoms with Crippen molar-refractivity contribution in [1.82, 2.24) is 4.90 Å². The fraction of sp³-hybridized carbons (Fsp3) is 0.154. The van der Waals surface area contributed by atoms with E-state index in [4.69, 9.17) is 14.6 Å². The van der Waals surface area contributed by atoms with Crippen LogP contribution in [0.3, 0.4) is 0 Å². The minimum Gasteiger partial charge on any atom is -0.480 e. The van der Waals surface area contributed by atoms with Gasteiger partial charge in [-0.2, -0.15) is 0 Å². The van der Waals surface area contributed by atoms with Crippen LogP contribution >= 0.6 is 15.9 Å². The van der Waals surface area contributed by atoms with Gasteiger partial charge >= 0.3 is 11.9 Å². The third kappa shape index (κ3) is 3.40. The number of aliphatic carboxylic acids is 2. The molecule has 0 fully saturated rings. The molecule has 0 saturated heterocycles. The lowest BCUT2D eigenvalue weighted by Gasteiger charge is -2.16. The van der Waals surface area contributed by atoms with Gasteiger partial charge in [-0.1, -0.05) is 12.1 Å². The first kappa shape index (κ1) is 15.0. The average molecular weight is 356 g/mol. The van der Waals surface area contributed by atoms with Crippen LogP contribution in [0.4, 0.5) is 0 Å². The van der Waals surface area contributed by atoms with Gasteiger partial charge in [0.1, 0.15) is 18.7 Å². The fourth-order valence-electron chi connectivity index (χ4n) is 1.81. The van der Waals surface area contributed by atoms with Crippen LogP contribution in [-0.2, 0) is 9.59 Å². The number of carbonyl (C=O) groups is 3. The Bertz CT molecular complexity index is 707. The molecule has 110 valence electrons. The molecule has 7 nitrogen and oxygen atoms in total. The molecule has 1 aromatic heterocycles. The number of para-hydroxylation sites is 1. The Morgan fingerprint density at radius 3 is 2.29 bits per heavy atom. The van der Waals surface area contributed by atoms with Crippen LogP contribution < -0.4 is 0 Å². The average Bonchev–Trinajstić information content (AvgIpc) is 2.81. The van der Waals surface area contributed by atoms with Gasteiger partial charge in [-0.15, -0.1) is 0 Å². The van der Waals surface area contributed by atoms with Crippen LogP contribution in [0.15, 0.2) is 33.2 Å². The fourth-order valence-corrected chi connectivity index (χ4v) is 2.28. The van der Waals surface area contributed by atoms with E-state index in [1.54, 1.807) is 18.2 Å². The highest BCUT2D eigenvalue weighted by molar-refractivity contribution is 9.10. The van der Waals surface area contributed by atoms with Crippen LogP contribution in [0.1, 0.15) is 10.6 Å². The molecule has 1 heterocycles. The van der Waals surface area contributed by atoms with Crippen molar-refractivity contribution in [3.8, 4) is 0 Å². The zero-order valence-electron chi connectivity index (χ0n) is 10.6. The summed E-state index contributed by atoms with van der Waals surface area (Å²) in [5, 5.41) is 18.2. The van der Waals surface area contributed by atoms with E-state index in [2.05, 4.69) is 15.9 Å². The van der Waals surface area contributed by atoms with Crippen molar-refractivity contribution in [3.63, 3.8) is 0 Å². The van der Waals surface area contributed by atoms with Crippen LogP contribution in [-0.4, -0.2) is 46.0 Å². The summed E-state index contributed by atoms with van der Waals surface area (Å²) < 4.78 is 6.02. The SMILES string of the molecule is O=C(O)CN(CC(=O)O)C(=O)c1cc2cccc(Br)c2o1. The third-order valence-corrected chi connectivity index (χ3v) is 3.27. The molecular formula is C13H10BrNO6. The number of carbonyl (C=O) groups excluding carboxylic acids is 1. The van der Waals surface area contributed by atoms with Gasteiger partial charge in [-0.05, 0) is 28.1 Å². The maximum absolute atomic E-state index is 12.2. The summed E-state index contributed by atoms with van der Waals surface area (Å²) in [6.45, 7) is -1.44. The number of benzene rings is 1. The molecule has 1 aromatic carbocycles. The van der Waals surface area contributed by atoms with E-state index in [-0.39, 0.29) is 5.76 Å². The first-order valence-corrected chi connectivity index (χ1v) is 6.58. The Morgan fingerprint density at radius 1 is 1.14 bits per heavy atom. The predicted octanol–water partition coefficient (Wildman–Crippen LogP) is 1.81. The van der Waals surface area contributed by atoms with Crippen molar-refractivity contribution in [2.45, 2.75) is 0 Å². The van der Waals surface area contributed by atoms with Gasteiger partial charge in [0.25, 0.3) is 5.91 Å². The normalized spacial score (nSPS) is 10.5. The van der Waals surface area contributed by atoms with Gasteiger partial charge in [-0.3, -0.25) is 14.4 Å². The second kappa shape index (κ2) is 5.96. The van der Waals surface area contributed by atoms with E-state index in [0.717, 1.165) is 0 Å². The van der Waals surface area contributed by atoms with Crippen molar-refractivity contribution in [2.75, 3.05) is 13.1 Å². The summed E-state index contributed by atoms with van der Waals surface area (Å²) in [6, 6.07) is 6.65. The lowest BCUT2D eigenvalue weighted by molar-refractivity contribution is -0.140. The number of carboxylic acid groups (broad SMARTS) is 2. The van der Waals surface area contributed by atoms with Crippen LogP contribution in [0.25, 0.3) is 11.0 Å². The molecule has 1 amide bonds. The van der Waals surface area contributed by atoms with Gasteiger partial charge in [-0.25, -0.2) is 0 Å². The first-order chi connectivity index (χ1) is 9.88. The summed E-state index contributed by atoms with van der Waals surface area (Å²) >= 11 is 3.27. The van der Waals surface area contributed by atoms with Gasteiger partial charge in [0.15, 0.2) is 5.76 Å². The van der Waals surface area contributed by atoms with Gasteiger partial charge in [0.2, 0.25) is 0 Å². The molecule has 21 heavy (non-hydrogen) atoms. The van der Waals surface area contributed by atoms with Gasteiger partial charge in [0.05, 0.1) is 4.47 Å². The number of amides is 1. The molecule has 0 aliphatic heterocycles. The molecule has 0 unspecified atom stereocenters. The van der Waals surface area contributed by atoms with Gasteiger partial charge < -0.3 is 19.5 Å². The molecule has 0 aliphatic rings. The maximum Gasteiger partial charge on any atom is 0.323 e. The topological polar surface area (TPSA) is 108 Å². The van der Waals surface area contributed by atoms with Crippen molar-refractivity contribution in [1.29, 1.82) is 0 Å². The van der Waals surface area contributed by atoms with E-state index in [1.165, 1.54) is 6.07 Å². The van der Waals surface area contributed by atoms with Crippen LogP contribution in [0.2, 0.25) is 0 Å². The molecule has 0 aliphatic carbocycles. The quantitative estimate of drug-likeness (QED) is 0.846. The lowest BCUT2D eigenvalue weighted by atomic mass is 10.2. The number of nitrogens with zero attached hydrogens (tertiary/aromatic N) is 1. The molecular weight excluding hydrogens is 346 g/mol. The zero-order valence-corrected chi connectivity index (χ0v) is 12.2. The highest BCUT2D eigenvalue weighted by Crippen LogP contribution is 2.27. The van der Waals surface area contributed by atoms with E-state index in [9.17, 15) is 14.4 Å². The van der Waals surface area contributed by atoms with Crippen molar-refractivity contribution in [3.05, 3.63) is 34.5 Å². The summed E-state index contributed by atoms with van der Waals surface area (Å²) in [5.74, 6) is -3.51. The Hall–Kier alpha value is -2.35. The Balaban J connectivity index is 2.35. The number of hydrogen-bond donors (Lipinski definition) is 2. The van der Waals surface area contributed by atoms with Gasteiger partial charge in [0, 0.05) is 5.39 Å². The lowest BCUT2D eigenvalue weighted by Crippen LogP contribution is -2.39. The monoisotopic (exact) mass is 355 g/mol. The summed E-state index contributed by atoms with van der Waals surface area (Å²) in [6.07, 6.45) is 0. The summed E-state index contributed by atoms with van der Waals surface area (Å²) in [7, 11) is 0. The van der Waals surface area contributed by atoms with Crippen molar-refractivity contribution in [2.24, 2.45) is 0 Å². The second-order valence-corrected chi connectivity index (χ2v) is 5.07. The standard InChI is InChI=1S/C13H10BrNO6/c14-8-3-1-2-7-4-9(21-12(7)8)13(20)15(5-10(16)17)6-11(18)19/h1-4H,5-6H2,(H,16,17)(H,18,19). The first-order valence-electron chi connectivity index (χ1n) is 5.79. The molecule has 2 rings (SSSR count). The highest BCUT2D eigenvalue weighted by atomic mass is 79.9. The molecule has 0 radical (unpaired) electrons. The zero-order chi connectivity index (χ0) is 15.6. The smallest absolute Gasteiger partial charge is 0.323 e. The molecule has 2 N–H and O–H groups in total. The van der Waals surface area contributed by atoms with Crippen LogP contribution in [0, 0.1) is 0 Å². The Morgan fingerprint density at radius 2 is 1.76 bits per heavy atom. The third-order valence-electron chi connectivity index (χ3n) is 2.65. The second-order valence-electron chi connectivity index (χ2n) is 4.22. The largest absolute Gasteiger partial charge is 0.480 e. The van der Waals surface area contributed by atoms with Crippen LogP contribution in [0.5, 0.6) is 0 Å². The van der Waals surface area contributed by atoms with E-state index in [1.807, 2.05) is 0 Å². The minimum atomic E-state index is -1.30. The highest BCUT2D eigenvalue weighted by Gasteiger charge is 2.24. The Labute approximate surface area is 126 Å². The molecule has 8 heteroatoms.